The molecule has 0 saturated heterocycles. The van der Waals surface area contributed by atoms with Gasteiger partial charge in [0.05, 0.1) is 7.11 Å². The first-order valence-electron chi connectivity index (χ1n) is 9.79. The van der Waals surface area contributed by atoms with Crippen LogP contribution in [0.2, 0.25) is 0 Å². The quantitative estimate of drug-likeness (QED) is 0.697. The SMILES string of the molecule is COc1cc(/C=N/CC2CCCC(C/N=C/c3cccc(O)c3)C2)ccc1O. The molecule has 3 rings (SSSR count). The minimum Gasteiger partial charge on any atom is -0.508 e. The molecule has 0 aliphatic heterocycles. The largest absolute Gasteiger partial charge is 0.508 e. The number of phenolic OH excluding ortho intramolecular Hbond substituents is 2. The van der Waals surface area contributed by atoms with Crippen molar-refractivity contribution in [2.45, 2.75) is 25.7 Å². The highest BCUT2D eigenvalue weighted by molar-refractivity contribution is 5.81. The fourth-order valence-electron chi connectivity index (χ4n) is 3.73. The maximum atomic E-state index is 9.66. The van der Waals surface area contributed by atoms with Gasteiger partial charge in [-0.05, 0) is 72.6 Å². The van der Waals surface area contributed by atoms with Crippen LogP contribution in [0.25, 0.3) is 0 Å². The molecular formula is C23H28N2O3. The van der Waals surface area contributed by atoms with Gasteiger partial charge in [0, 0.05) is 25.5 Å². The highest BCUT2D eigenvalue weighted by atomic mass is 16.5. The highest BCUT2D eigenvalue weighted by Gasteiger charge is 2.21. The van der Waals surface area contributed by atoms with E-state index in [4.69, 9.17) is 4.74 Å². The Labute approximate surface area is 166 Å². The molecule has 28 heavy (non-hydrogen) atoms. The lowest BCUT2D eigenvalue weighted by atomic mass is 9.81. The van der Waals surface area contributed by atoms with Crippen molar-refractivity contribution >= 4 is 12.4 Å². The predicted molar refractivity (Wildman–Crippen MR) is 113 cm³/mol. The lowest BCUT2D eigenvalue weighted by Gasteiger charge is -2.27. The van der Waals surface area contributed by atoms with E-state index < -0.39 is 0 Å². The minimum absolute atomic E-state index is 0.140. The number of phenols is 2. The van der Waals surface area contributed by atoms with Crippen LogP contribution in [0.1, 0.15) is 36.8 Å². The molecule has 5 heteroatoms. The number of methoxy groups -OCH3 is 1. The molecule has 1 aliphatic carbocycles. The van der Waals surface area contributed by atoms with Crippen molar-refractivity contribution in [3.63, 3.8) is 0 Å². The van der Waals surface area contributed by atoms with Crippen LogP contribution < -0.4 is 4.74 Å². The third-order valence-corrected chi connectivity index (χ3v) is 5.17. The smallest absolute Gasteiger partial charge is 0.161 e. The summed E-state index contributed by atoms with van der Waals surface area (Å²) < 4.78 is 5.13. The number of hydrogen-bond acceptors (Lipinski definition) is 5. The Kier molecular flexibility index (Phi) is 7.06. The van der Waals surface area contributed by atoms with Gasteiger partial charge in [-0.25, -0.2) is 0 Å². The summed E-state index contributed by atoms with van der Waals surface area (Å²) in [5.74, 6) is 2.05. The molecule has 0 amide bonds. The van der Waals surface area contributed by atoms with Crippen molar-refractivity contribution in [3.8, 4) is 17.2 Å². The van der Waals surface area contributed by atoms with Crippen molar-refractivity contribution in [2.24, 2.45) is 21.8 Å². The van der Waals surface area contributed by atoms with E-state index in [1.54, 1.807) is 31.4 Å². The van der Waals surface area contributed by atoms with E-state index >= 15 is 0 Å². The van der Waals surface area contributed by atoms with E-state index in [-0.39, 0.29) is 11.5 Å². The van der Waals surface area contributed by atoms with Gasteiger partial charge in [-0.3, -0.25) is 9.98 Å². The first-order chi connectivity index (χ1) is 13.6. The number of nitrogens with zero attached hydrogens (tertiary/aromatic N) is 2. The van der Waals surface area contributed by atoms with Crippen LogP contribution in [0.15, 0.2) is 52.4 Å². The van der Waals surface area contributed by atoms with Gasteiger partial charge in [0.15, 0.2) is 11.5 Å². The Balaban J connectivity index is 1.48. The van der Waals surface area contributed by atoms with Crippen LogP contribution in [0, 0.1) is 11.8 Å². The van der Waals surface area contributed by atoms with E-state index in [1.165, 1.54) is 19.3 Å². The molecule has 0 heterocycles. The van der Waals surface area contributed by atoms with Gasteiger partial charge in [-0.2, -0.15) is 0 Å². The zero-order chi connectivity index (χ0) is 19.8. The van der Waals surface area contributed by atoms with Crippen LogP contribution >= 0.6 is 0 Å². The second-order valence-corrected chi connectivity index (χ2v) is 7.41. The number of benzene rings is 2. The van der Waals surface area contributed by atoms with Gasteiger partial charge in [-0.15, -0.1) is 0 Å². The second-order valence-electron chi connectivity index (χ2n) is 7.41. The Bertz CT molecular complexity index is 832. The van der Waals surface area contributed by atoms with Crippen molar-refractivity contribution in [2.75, 3.05) is 20.2 Å². The van der Waals surface area contributed by atoms with Gasteiger partial charge >= 0.3 is 0 Å². The third-order valence-electron chi connectivity index (χ3n) is 5.17. The van der Waals surface area contributed by atoms with E-state index in [0.717, 1.165) is 30.6 Å². The fourth-order valence-corrected chi connectivity index (χ4v) is 3.73. The lowest BCUT2D eigenvalue weighted by molar-refractivity contribution is 0.278. The van der Waals surface area contributed by atoms with Gasteiger partial charge in [0.2, 0.25) is 0 Å². The molecule has 148 valence electrons. The van der Waals surface area contributed by atoms with Gasteiger partial charge in [-0.1, -0.05) is 18.6 Å². The summed E-state index contributed by atoms with van der Waals surface area (Å²) in [4.78, 5) is 9.20. The summed E-state index contributed by atoms with van der Waals surface area (Å²) in [6, 6.07) is 12.4. The van der Waals surface area contributed by atoms with Crippen molar-refractivity contribution < 1.29 is 14.9 Å². The molecule has 2 atom stereocenters. The fraction of sp³-hybridized carbons (Fsp3) is 0.391. The lowest BCUT2D eigenvalue weighted by Crippen LogP contribution is -2.20. The average Bonchev–Trinajstić information content (AvgIpc) is 2.70. The van der Waals surface area contributed by atoms with Gasteiger partial charge < -0.3 is 14.9 Å². The molecule has 5 nitrogen and oxygen atoms in total. The number of ether oxygens (including phenoxy) is 1. The Morgan fingerprint density at radius 2 is 1.64 bits per heavy atom. The number of rotatable bonds is 7. The van der Waals surface area contributed by atoms with Crippen molar-refractivity contribution in [1.29, 1.82) is 0 Å². The molecule has 1 saturated carbocycles. The monoisotopic (exact) mass is 380 g/mol. The Morgan fingerprint density at radius 1 is 0.964 bits per heavy atom. The molecule has 0 bridgehead atoms. The molecule has 1 fully saturated rings. The predicted octanol–water partition coefficient (Wildman–Crippen LogP) is 4.45. The average molecular weight is 380 g/mol. The van der Waals surface area contributed by atoms with Crippen LogP contribution in [-0.2, 0) is 0 Å². The zero-order valence-electron chi connectivity index (χ0n) is 16.3. The molecular weight excluding hydrogens is 352 g/mol. The molecule has 1 aliphatic rings. The van der Waals surface area contributed by atoms with E-state index in [0.29, 0.717) is 17.6 Å². The van der Waals surface area contributed by atoms with Gasteiger partial charge in [0.25, 0.3) is 0 Å². The zero-order valence-corrected chi connectivity index (χ0v) is 16.3. The van der Waals surface area contributed by atoms with Gasteiger partial charge in [0.1, 0.15) is 5.75 Å². The van der Waals surface area contributed by atoms with Crippen LogP contribution in [0.4, 0.5) is 0 Å². The van der Waals surface area contributed by atoms with E-state index in [1.807, 2.05) is 30.6 Å². The maximum Gasteiger partial charge on any atom is 0.161 e. The summed E-state index contributed by atoms with van der Waals surface area (Å²) in [5, 5.41) is 19.2. The summed E-state index contributed by atoms with van der Waals surface area (Å²) in [5.41, 5.74) is 1.86. The number of aliphatic imine (C=N–C) groups is 2. The first kappa shape index (κ1) is 19.9. The molecule has 2 aromatic carbocycles. The molecule has 2 N–H and O–H groups in total. The van der Waals surface area contributed by atoms with Crippen LogP contribution in [-0.4, -0.2) is 42.8 Å². The standard InChI is InChI=1S/C23H28N2O3/c1-28-23-12-20(8-9-22(23)27)16-25-14-18-5-2-4-17(10-18)13-24-15-19-6-3-7-21(26)11-19/h3,6-9,11-12,15-18,26-27H,2,4-5,10,13-14H2,1H3/b24-15+,25-16+. The van der Waals surface area contributed by atoms with Crippen LogP contribution in [0.5, 0.6) is 17.2 Å². The maximum absolute atomic E-state index is 9.66. The molecule has 0 aromatic heterocycles. The van der Waals surface area contributed by atoms with Crippen molar-refractivity contribution in [1.82, 2.24) is 0 Å². The molecule has 0 radical (unpaired) electrons. The number of aromatic hydroxyl groups is 2. The van der Waals surface area contributed by atoms with E-state index in [2.05, 4.69) is 9.98 Å². The topological polar surface area (TPSA) is 74.4 Å². The molecule has 2 aromatic rings. The summed E-state index contributed by atoms with van der Waals surface area (Å²) in [6.07, 6.45) is 8.49. The Hall–Kier alpha value is -2.82. The van der Waals surface area contributed by atoms with E-state index in [9.17, 15) is 10.2 Å². The summed E-state index contributed by atoms with van der Waals surface area (Å²) in [7, 11) is 1.54. The normalized spacial score (nSPS) is 20.0. The third kappa shape index (κ3) is 5.84. The minimum atomic E-state index is 0.140. The second kappa shape index (κ2) is 9.93. The van der Waals surface area contributed by atoms with Crippen LogP contribution in [0.3, 0.4) is 0 Å². The van der Waals surface area contributed by atoms with Crippen molar-refractivity contribution in [3.05, 3.63) is 53.6 Å². The Morgan fingerprint density at radius 3 is 2.29 bits per heavy atom. The molecule has 2 unspecified atom stereocenters. The summed E-state index contributed by atoms with van der Waals surface area (Å²) in [6.45, 7) is 1.64. The first-order valence-corrected chi connectivity index (χ1v) is 9.79. The highest BCUT2D eigenvalue weighted by Crippen LogP contribution is 2.30. The number of hydrogen-bond donors (Lipinski definition) is 2. The molecule has 0 spiro atoms. The summed E-state index contributed by atoms with van der Waals surface area (Å²) >= 11 is 0.